The Labute approximate surface area is 117 Å². The maximum absolute atomic E-state index is 5.59. The van der Waals surface area contributed by atoms with Crippen molar-refractivity contribution in [2.24, 2.45) is 0 Å². The van der Waals surface area contributed by atoms with Crippen LogP contribution in [0.1, 0.15) is 26.2 Å². The standard InChI is InChI=1S/C12H20N4O2S/c1-3-6-13-10-14-11(17-2)16-12(15-10)19-8-9-5-4-7-18-9/h9H,3-8H2,1-2H3,(H,13,14,15,16). The van der Waals surface area contributed by atoms with E-state index in [-0.39, 0.29) is 0 Å². The first-order valence-corrected chi connectivity index (χ1v) is 7.58. The summed E-state index contributed by atoms with van der Waals surface area (Å²) in [5, 5.41) is 3.83. The number of ether oxygens (including phenoxy) is 2. The molecule has 2 rings (SSSR count). The van der Waals surface area contributed by atoms with E-state index in [1.54, 1.807) is 18.9 Å². The number of anilines is 1. The summed E-state index contributed by atoms with van der Waals surface area (Å²) in [6.45, 7) is 3.80. The van der Waals surface area contributed by atoms with Crippen LogP contribution in [0.4, 0.5) is 5.95 Å². The first-order valence-electron chi connectivity index (χ1n) is 6.60. The van der Waals surface area contributed by atoms with E-state index in [9.17, 15) is 0 Å². The zero-order chi connectivity index (χ0) is 13.5. The van der Waals surface area contributed by atoms with Crippen molar-refractivity contribution in [3.63, 3.8) is 0 Å². The van der Waals surface area contributed by atoms with Crippen LogP contribution in [-0.4, -0.2) is 47.1 Å². The van der Waals surface area contributed by atoms with Crippen LogP contribution in [0.3, 0.4) is 0 Å². The molecule has 1 saturated heterocycles. The van der Waals surface area contributed by atoms with Gasteiger partial charge in [-0.1, -0.05) is 18.7 Å². The molecule has 0 spiro atoms. The van der Waals surface area contributed by atoms with Crippen molar-refractivity contribution in [3.8, 4) is 6.01 Å². The molecule has 0 amide bonds. The average molecular weight is 284 g/mol. The van der Waals surface area contributed by atoms with Crippen molar-refractivity contribution in [3.05, 3.63) is 0 Å². The lowest BCUT2D eigenvalue weighted by molar-refractivity contribution is 0.129. The maximum Gasteiger partial charge on any atom is 0.321 e. The summed E-state index contributed by atoms with van der Waals surface area (Å²) in [6, 6.07) is 0.350. The highest BCUT2D eigenvalue weighted by atomic mass is 32.2. The van der Waals surface area contributed by atoms with Gasteiger partial charge in [0.15, 0.2) is 5.16 Å². The lowest BCUT2D eigenvalue weighted by atomic mass is 10.3. The second-order valence-corrected chi connectivity index (χ2v) is 5.29. The summed E-state index contributed by atoms with van der Waals surface area (Å²) >= 11 is 1.59. The molecule has 0 bridgehead atoms. The fraction of sp³-hybridized carbons (Fsp3) is 0.750. The summed E-state index contributed by atoms with van der Waals surface area (Å²) in [7, 11) is 1.56. The Morgan fingerprint density at radius 1 is 1.42 bits per heavy atom. The van der Waals surface area contributed by atoms with Crippen molar-refractivity contribution in [1.29, 1.82) is 0 Å². The lowest BCUT2D eigenvalue weighted by Gasteiger charge is -2.09. The number of hydrogen-bond donors (Lipinski definition) is 1. The van der Waals surface area contributed by atoms with E-state index in [0.717, 1.165) is 38.2 Å². The number of nitrogens with zero attached hydrogens (tertiary/aromatic N) is 3. The molecule has 1 unspecified atom stereocenters. The molecule has 6 nitrogen and oxygen atoms in total. The summed E-state index contributed by atoms with van der Waals surface area (Å²) in [5.41, 5.74) is 0. The third-order valence-electron chi connectivity index (χ3n) is 2.73. The lowest BCUT2D eigenvalue weighted by Crippen LogP contribution is -2.10. The van der Waals surface area contributed by atoms with Crippen molar-refractivity contribution in [2.45, 2.75) is 37.4 Å². The van der Waals surface area contributed by atoms with Gasteiger partial charge in [-0.25, -0.2) is 0 Å². The van der Waals surface area contributed by atoms with Crippen LogP contribution >= 0.6 is 11.8 Å². The van der Waals surface area contributed by atoms with Gasteiger partial charge < -0.3 is 14.8 Å². The summed E-state index contributed by atoms with van der Waals surface area (Å²) in [5.74, 6) is 1.45. The highest BCUT2D eigenvalue weighted by Gasteiger charge is 2.17. The van der Waals surface area contributed by atoms with Crippen LogP contribution in [0, 0.1) is 0 Å². The molecule has 1 aromatic rings. The molecule has 0 aliphatic carbocycles. The number of aromatic nitrogens is 3. The van der Waals surface area contributed by atoms with Gasteiger partial charge in [-0.2, -0.15) is 15.0 Å². The second-order valence-electron chi connectivity index (χ2n) is 4.30. The number of thioether (sulfide) groups is 1. The van der Waals surface area contributed by atoms with Crippen LogP contribution in [0.2, 0.25) is 0 Å². The minimum atomic E-state index is 0.319. The van der Waals surface area contributed by atoms with Gasteiger partial charge in [0.25, 0.3) is 0 Å². The average Bonchev–Trinajstić information content (AvgIpc) is 2.96. The Morgan fingerprint density at radius 3 is 3.00 bits per heavy atom. The molecule has 0 radical (unpaired) electrons. The largest absolute Gasteiger partial charge is 0.467 e. The minimum absolute atomic E-state index is 0.319. The van der Waals surface area contributed by atoms with E-state index in [1.807, 2.05) is 0 Å². The topological polar surface area (TPSA) is 69.2 Å². The van der Waals surface area contributed by atoms with Crippen molar-refractivity contribution in [2.75, 3.05) is 31.3 Å². The summed E-state index contributed by atoms with van der Waals surface area (Å²) < 4.78 is 10.7. The van der Waals surface area contributed by atoms with Gasteiger partial charge >= 0.3 is 6.01 Å². The summed E-state index contributed by atoms with van der Waals surface area (Å²) in [4.78, 5) is 12.8. The molecule has 0 saturated carbocycles. The molecular weight excluding hydrogens is 264 g/mol. The predicted octanol–water partition coefficient (Wildman–Crippen LogP) is 1.97. The van der Waals surface area contributed by atoms with Gasteiger partial charge in [0.1, 0.15) is 0 Å². The van der Waals surface area contributed by atoms with Crippen LogP contribution in [0.25, 0.3) is 0 Å². The number of rotatable bonds is 7. The molecule has 1 N–H and O–H groups in total. The highest BCUT2D eigenvalue weighted by Crippen LogP contribution is 2.23. The fourth-order valence-corrected chi connectivity index (χ4v) is 2.64. The van der Waals surface area contributed by atoms with Crippen LogP contribution in [0.15, 0.2) is 5.16 Å². The maximum atomic E-state index is 5.59. The Bertz CT molecular complexity index is 399. The monoisotopic (exact) mass is 284 g/mol. The second kappa shape index (κ2) is 7.49. The first-order chi connectivity index (χ1) is 9.31. The van der Waals surface area contributed by atoms with Gasteiger partial charge in [0.05, 0.1) is 13.2 Å². The number of hydrogen-bond acceptors (Lipinski definition) is 7. The molecule has 1 atom stereocenters. The molecule has 2 heterocycles. The first kappa shape index (κ1) is 14.3. The van der Waals surface area contributed by atoms with Gasteiger partial charge in [-0.15, -0.1) is 0 Å². The number of nitrogens with one attached hydrogen (secondary N) is 1. The zero-order valence-electron chi connectivity index (χ0n) is 11.4. The highest BCUT2D eigenvalue weighted by molar-refractivity contribution is 7.99. The molecule has 0 aromatic carbocycles. The van der Waals surface area contributed by atoms with E-state index >= 15 is 0 Å². The van der Waals surface area contributed by atoms with Gasteiger partial charge in [0, 0.05) is 18.9 Å². The molecule has 1 aliphatic rings. The molecule has 1 aliphatic heterocycles. The van der Waals surface area contributed by atoms with Crippen LogP contribution in [0.5, 0.6) is 6.01 Å². The van der Waals surface area contributed by atoms with Crippen LogP contribution < -0.4 is 10.1 Å². The molecule has 7 heteroatoms. The van der Waals surface area contributed by atoms with E-state index in [2.05, 4.69) is 27.2 Å². The van der Waals surface area contributed by atoms with Crippen molar-refractivity contribution in [1.82, 2.24) is 15.0 Å². The van der Waals surface area contributed by atoms with Gasteiger partial charge in [-0.3, -0.25) is 0 Å². The molecule has 19 heavy (non-hydrogen) atoms. The van der Waals surface area contributed by atoms with Crippen molar-refractivity contribution < 1.29 is 9.47 Å². The Hall–Kier alpha value is -1.08. The molecule has 1 fully saturated rings. The van der Waals surface area contributed by atoms with Gasteiger partial charge in [0.2, 0.25) is 5.95 Å². The number of methoxy groups -OCH3 is 1. The SMILES string of the molecule is CCCNc1nc(OC)nc(SCC2CCCO2)n1. The quantitative estimate of drug-likeness (QED) is 0.768. The fourth-order valence-electron chi connectivity index (χ4n) is 1.75. The minimum Gasteiger partial charge on any atom is -0.467 e. The van der Waals surface area contributed by atoms with Crippen LogP contribution in [-0.2, 0) is 4.74 Å². The van der Waals surface area contributed by atoms with Gasteiger partial charge in [-0.05, 0) is 19.3 Å². The molecule has 106 valence electrons. The van der Waals surface area contributed by atoms with Crippen molar-refractivity contribution >= 4 is 17.7 Å². The van der Waals surface area contributed by atoms with E-state index in [1.165, 1.54) is 0 Å². The third kappa shape index (κ3) is 4.50. The predicted molar refractivity (Wildman–Crippen MR) is 74.9 cm³/mol. The molecule has 1 aromatic heterocycles. The van der Waals surface area contributed by atoms with E-state index in [4.69, 9.17) is 9.47 Å². The normalized spacial score (nSPS) is 18.5. The Morgan fingerprint density at radius 2 is 2.32 bits per heavy atom. The summed E-state index contributed by atoms with van der Waals surface area (Å²) in [6.07, 6.45) is 3.61. The molecular formula is C12H20N4O2S. The van der Waals surface area contributed by atoms with E-state index < -0.39 is 0 Å². The van der Waals surface area contributed by atoms with E-state index in [0.29, 0.717) is 23.2 Å². The Kier molecular flexibility index (Phi) is 5.65. The third-order valence-corrected chi connectivity index (χ3v) is 3.71. The zero-order valence-corrected chi connectivity index (χ0v) is 12.2. The Balaban J connectivity index is 1.96. The smallest absolute Gasteiger partial charge is 0.321 e.